The first-order chi connectivity index (χ1) is 11.7. The Balaban J connectivity index is 1.49. The highest BCUT2D eigenvalue weighted by molar-refractivity contribution is 5.79. The highest BCUT2D eigenvalue weighted by Crippen LogP contribution is 2.18. The first-order valence-corrected chi connectivity index (χ1v) is 8.09. The topological polar surface area (TPSA) is 64.5 Å². The van der Waals surface area contributed by atoms with Crippen molar-refractivity contribution in [2.45, 2.75) is 25.4 Å². The van der Waals surface area contributed by atoms with Gasteiger partial charge in [0.1, 0.15) is 11.9 Å². The molecule has 2 heterocycles. The summed E-state index contributed by atoms with van der Waals surface area (Å²) in [6, 6.07) is 11.2. The van der Waals surface area contributed by atoms with E-state index >= 15 is 0 Å². The molecule has 1 aromatic heterocycles. The predicted molar refractivity (Wildman–Crippen MR) is 89.0 cm³/mol. The Labute approximate surface area is 141 Å². The summed E-state index contributed by atoms with van der Waals surface area (Å²) in [5.41, 5.74) is 0.970. The average molecular weight is 327 g/mol. The third-order valence-electron chi connectivity index (χ3n) is 4.12. The van der Waals surface area contributed by atoms with Gasteiger partial charge in [-0.2, -0.15) is 5.10 Å². The third-order valence-corrected chi connectivity index (χ3v) is 4.12. The van der Waals surface area contributed by atoms with Crippen molar-refractivity contribution in [3.63, 3.8) is 0 Å². The molecule has 3 rings (SSSR count). The maximum atomic E-state index is 12.5. The van der Waals surface area contributed by atoms with Gasteiger partial charge in [0.2, 0.25) is 11.8 Å². The van der Waals surface area contributed by atoms with Crippen LogP contribution in [0.5, 0.6) is 11.6 Å². The lowest BCUT2D eigenvalue weighted by Crippen LogP contribution is -2.42. The van der Waals surface area contributed by atoms with Gasteiger partial charge in [0.05, 0.1) is 13.5 Å². The van der Waals surface area contributed by atoms with Crippen LogP contribution in [0.25, 0.3) is 0 Å². The third kappa shape index (κ3) is 4.22. The second kappa shape index (κ2) is 7.77. The van der Waals surface area contributed by atoms with E-state index in [4.69, 9.17) is 9.47 Å². The number of carbonyl (C=O) groups excluding carboxylic acids is 1. The summed E-state index contributed by atoms with van der Waals surface area (Å²) in [4.78, 5) is 14.4. The monoisotopic (exact) mass is 327 g/mol. The predicted octanol–water partition coefficient (Wildman–Crippen LogP) is 2.10. The van der Waals surface area contributed by atoms with E-state index in [1.54, 1.807) is 25.4 Å². The van der Waals surface area contributed by atoms with Crippen LogP contribution in [0.4, 0.5) is 0 Å². The number of benzene rings is 1. The maximum absolute atomic E-state index is 12.5. The number of methoxy groups -OCH3 is 1. The van der Waals surface area contributed by atoms with Gasteiger partial charge in [-0.1, -0.05) is 12.1 Å². The van der Waals surface area contributed by atoms with Crippen molar-refractivity contribution in [1.29, 1.82) is 0 Å². The second-order valence-electron chi connectivity index (χ2n) is 5.79. The van der Waals surface area contributed by atoms with Gasteiger partial charge in [0, 0.05) is 38.2 Å². The van der Waals surface area contributed by atoms with Crippen molar-refractivity contribution in [2.75, 3.05) is 20.2 Å². The van der Waals surface area contributed by atoms with Gasteiger partial charge < -0.3 is 14.4 Å². The molecule has 0 bridgehead atoms. The fourth-order valence-corrected chi connectivity index (χ4v) is 2.81. The van der Waals surface area contributed by atoms with Crippen molar-refractivity contribution in [3.8, 4) is 11.6 Å². The summed E-state index contributed by atoms with van der Waals surface area (Å²) in [6.07, 6.45) is 3.71. The number of hydrogen-bond donors (Lipinski definition) is 0. The highest BCUT2D eigenvalue weighted by atomic mass is 16.5. The van der Waals surface area contributed by atoms with E-state index in [1.165, 1.54) is 0 Å². The van der Waals surface area contributed by atoms with Crippen LogP contribution in [0.1, 0.15) is 18.4 Å². The van der Waals surface area contributed by atoms with Gasteiger partial charge in [-0.05, 0) is 23.8 Å². The molecular formula is C18H21N3O3. The van der Waals surface area contributed by atoms with Gasteiger partial charge >= 0.3 is 0 Å². The summed E-state index contributed by atoms with van der Waals surface area (Å²) < 4.78 is 11.0. The highest BCUT2D eigenvalue weighted by Gasteiger charge is 2.24. The number of hydrogen-bond acceptors (Lipinski definition) is 5. The zero-order valence-electron chi connectivity index (χ0n) is 13.7. The van der Waals surface area contributed by atoms with E-state index in [2.05, 4.69) is 10.2 Å². The molecule has 1 fully saturated rings. The van der Waals surface area contributed by atoms with E-state index in [0.29, 0.717) is 25.4 Å². The number of rotatable bonds is 5. The summed E-state index contributed by atoms with van der Waals surface area (Å²) in [7, 11) is 1.63. The lowest BCUT2D eigenvalue weighted by Gasteiger charge is -2.32. The number of likely N-dealkylation sites (tertiary alicyclic amines) is 1. The fraction of sp³-hybridized carbons (Fsp3) is 0.389. The van der Waals surface area contributed by atoms with Crippen molar-refractivity contribution in [1.82, 2.24) is 15.1 Å². The SMILES string of the molecule is COc1cccc(CC(=O)N2CCC(Oc3cccnn3)CC2)c1. The Kier molecular flexibility index (Phi) is 5.25. The van der Waals surface area contributed by atoms with Crippen LogP contribution in [0.15, 0.2) is 42.6 Å². The largest absolute Gasteiger partial charge is 0.497 e. The minimum Gasteiger partial charge on any atom is -0.497 e. The normalized spacial score (nSPS) is 15.1. The van der Waals surface area contributed by atoms with E-state index < -0.39 is 0 Å². The summed E-state index contributed by atoms with van der Waals surface area (Å²) in [6.45, 7) is 1.40. The van der Waals surface area contributed by atoms with Gasteiger partial charge in [-0.15, -0.1) is 5.10 Å². The van der Waals surface area contributed by atoms with Crippen LogP contribution in [0, 0.1) is 0 Å². The molecule has 0 saturated carbocycles. The van der Waals surface area contributed by atoms with E-state index in [-0.39, 0.29) is 12.0 Å². The van der Waals surface area contributed by atoms with Gasteiger partial charge in [0.25, 0.3) is 0 Å². The van der Waals surface area contributed by atoms with E-state index in [9.17, 15) is 4.79 Å². The number of ether oxygens (including phenoxy) is 2. The molecule has 24 heavy (non-hydrogen) atoms. The minimum atomic E-state index is 0.0857. The number of nitrogens with zero attached hydrogens (tertiary/aromatic N) is 3. The summed E-state index contributed by atoms with van der Waals surface area (Å²) in [5, 5.41) is 7.74. The van der Waals surface area contributed by atoms with E-state index in [1.807, 2.05) is 29.2 Å². The Bertz CT molecular complexity index is 670. The average Bonchev–Trinajstić information content (AvgIpc) is 2.63. The molecule has 0 N–H and O–H groups in total. The van der Waals surface area contributed by atoms with Crippen LogP contribution < -0.4 is 9.47 Å². The summed E-state index contributed by atoms with van der Waals surface area (Å²) >= 11 is 0. The molecule has 1 aliphatic heterocycles. The van der Waals surface area contributed by atoms with Gasteiger partial charge in [-0.3, -0.25) is 4.79 Å². The molecule has 0 unspecified atom stereocenters. The number of carbonyl (C=O) groups is 1. The molecule has 1 saturated heterocycles. The van der Waals surface area contributed by atoms with Gasteiger partial charge in [-0.25, -0.2) is 0 Å². The maximum Gasteiger partial charge on any atom is 0.233 e. The quantitative estimate of drug-likeness (QED) is 0.841. The van der Waals surface area contributed by atoms with Crippen LogP contribution >= 0.6 is 0 Å². The molecule has 1 aromatic carbocycles. The molecule has 1 aliphatic rings. The van der Waals surface area contributed by atoms with Crippen molar-refractivity contribution >= 4 is 5.91 Å². The zero-order valence-corrected chi connectivity index (χ0v) is 13.7. The summed E-state index contributed by atoms with van der Waals surface area (Å²) in [5.74, 6) is 1.45. The smallest absolute Gasteiger partial charge is 0.233 e. The molecular weight excluding hydrogens is 306 g/mol. The number of amides is 1. The van der Waals surface area contributed by atoms with E-state index in [0.717, 1.165) is 24.2 Å². The van der Waals surface area contributed by atoms with Crippen LogP contribution in [0.3, 0.4) is 0 Å². The van der Waals surface area contributed by atoms with Crippen LogP contribution in [0.2, 0.25) is 0 Å². The molecule has 0 spiro atoms. The Morgan fingerprint density at radius 2 is 2.08 bits per heavy atom. The van der Waals surface area contributed by atoms with Crippen molar-refractivity contribution < 1.29 is 14.3 Å². The molecule has 2 aromatic rings. The van der Waals surface area contributed by atoms with Crippen LogP contribution in [-0.2, 0) is 11.2 Å². The molecule has 0 aliphatic carbocycles. The Hall–Kier alpha value is -2.63. The Morgan fingerprint density at radius 3 is 2.79 bits per heavy atom. The minimum absolute atomic E-state index is 0.0857. The first-order valence-electron chi connectivity index (χ1n) is 8.09. The molecule has 126 valence electrons. The number of aromatic nitrogens is 2. The molecule has 0 radical (unpaired) electrons. The van der Waals surface area contributed by atoms with Crippen molar-refractivity contribution in [2.24, 2.45) is 0 Å². The Morgan fingerprint density at radius 1 is 1.25 bits per heavy atom. The first kappa shape index (κ1) is 16.2. The zero-order chi connectivity index (χ0) is 16.8. The molecule has 6 nitrogen and oxygen atoms in total. The second-order valence-corrected chi connectivity index (χ2v) is 5.79. The lowest BCUT2D eigenvalue weighted by atomic mass is 10.1. The standard InChI is InChI=1S/C18H21N3O3/c1-23-16-5-2-4-14(12-16)13-18(22)21-10-7-15(8-11-21)24-17-6-3-9-19-20-17/h2-6,9,12,15H,7-8,10-11,13H2,1H3. The fourth-order valence-electron chi connectivity index (χ4n) is 2.81. The van der Waals surface area contributed by atoms with Gasteiger partial charge in [0.15, 0.2) is 0 Å². The lowest BCUT2D eigenvalue weighted by molar-refractivity contribution is -0.132. The molecule has 6 heteroatoms. The van der Waals surface area contributed by atoms with Crippen molar-refractivity contribution in [3.05, 3.63) is 48.2 Å². The molecule has 0 atom stereocenters. The molecule has 1 amide bonds. The van der Waals surface area contributed by atoms with Crippen LogP contribution in [-0.4, -0.2) is 47.3 Å². The number of piperidine rings is 1.